The molecule has 0 spiro atoms. The third-order valence-corrected chi connectivity index (χ3v) is 3.57. The Morgan fingerprint density at radius 1 is 1.00 bits per heavy atom. The molecule has 6 nitrogen and oxygen atoms in total. The monoisotopic (exact) mass is 387 g/mol. The highest BCUT2D eigenvalue weighted by molar-refractivity contribution is 7.80. The van der Waals surface area contributed by atoms with Crippen molar-refractivity contribution in [3.63, 3.8) is 0 Å². The fraction of sp³-hybridized carbons (Fsp3) is 0.300. The van der Waals surface area contributed by atoms with Crippen LogP contribution in [0.5, 0.6) is 17.2 Å². The summed E-state index contributed by atoms with van der Waals surface area (Å²) in [6.07, 6.45) is 1.68. The smallest absolute Gasteiger partial charge is 0.186 e. The minimum atomic E-state index is 0.418. The van der Waals surface area contributed by atoms with Crippen LogP contribution < -0.4 is 25.0 Å². The zero-order chi connectivity index (χ0) is 19.3. The molecule has 0 fully saturated rings. The van der Waals surface area contributed by atoms with Gasteiger partial charge in [0.2, 0.25) is 0 Å². The second-order valence-corrected chi connectivity index (χ2v) is 5.79. The van der Waals surface area contributed by atoms with E-state index in [1.54, 1.807) is 6.21 Å². The molecule has 0 unspecified atom stereocenters. The third-order valence-electron chi connectivity index (χ3n) is 3.34. The summed E-state index contributed by atoms with van der Waals surface area (Å²) in [6, 6.07) is 15.3. The van der Waals surface area contributed by atoms with Gasteiger partial charge in [-0.1, -0.05) is 18.2 Å². The summed E-state index contributed by atoms with van der Waals surface area (Å²) in [5.41, 5.74) is 3.63. The van der Waals surface area contributed by atoms with Crippen LogP contribution in [0, 0.1) is 0 Å². The fourth-order valence-corrected chi connectivity index (χ4v) is 2.38. The molecule has 0 saturated carbocycles. The molecule has 0 atom stereocenters. The number of hydrazone groups is 1. The highest BCUT2D eigenvalue weighted by Crippen LogP contribution is 2.28. The average molecular weight is 388 g/mol. The fourth-order valence-electron chi connectivity index (χ4n) is 2.19. The van der Waals surface area contributed by atoms with Gasteiger partial charge in [0.25, 0.3) is 0 Å². The maximum atomic E-state index is 5.80. The second kappa shape index (κ2) is 11.7. The summed E-state index contributed by atoms with van der Waals surface area (Å²) in [5, 5.41) is 7.55. The van der Waals surface area contributed by atoms with Gasteiger partial charge in [-0.3, -0.25) is 5.43 Å². The van der Waals surface area contributed by atoms with E-state index in [4.69, 9.17) is 26.4 Å². The summed E-state index contributed by atoms with van der Waals surface area (Å²) in [6.45, 7) is 6.05. The van der Waals surface area contributed by atoms with E-state index >= 15 is 0 Å². The van der Waals surface area contributed by atoms with E-state index in [1.807, 2.05) is 62.4 Å². The minimum Gasteiger partial charge on any atom is -0.490 e. The summed E-state index contributed by atoms with van der Waals surface area (Å²) >= 11 is 5.06. The molecular weight excluding hydrogens is 362 g/mol. The van der Waals surface area contributed by atoms with Crippen molar-refractivity contribution in [2.75, 3.05) is 26.4 Å². The topological polar surface area (TPSA) is 64.1 Å². The standard InChI is InChI=1S/C20H25N3O3S/c1-3-21-20(27)23-22-15-16-10-11-18(19(14-16)24-4-2)26-13-12-25-17-8-6-5-7-9-17/h5-11,14-15H,3-4,12-13H2,1-2H3,(H2,21,23,27)/b22-15+. The van der Waals surface area contributed by atoms with Gasteiger partial charge >= 0.3 is 0 Å². The molecular formula is C20H25N3O3S. The minimum absolute atomic E-state index is 0.418. The Morgan fingerprint density at radius 2 is 1.78 bits per heavy atom. The Balaban J connectivity index is 1.89. The molecule has 2 aromatic rings. The van der Waals surface area contributed by atoms with E-state index in [9.17, 15) is 0 Å². The number of hydrogen-bond acceptors (Lipinski definition) is 5. The lowest BCUT2D eigenvalue weighted by Gasteiger charge is -2.13. The molecule has 2 N–H and O–H groups in total. The number of nitrogens with one attached hydrogen (secondary N) is 2. The van der Waals surface area contributed by atoms with Crippen molar-refractivity contribution >= 4 is 23.5 Å². The largest absolute Gasteiger partial charge is 0.490 e. The molecule has 2 rings (SSSR count). The van der Waals surface area contributed by atoms with Crippen molar-refractivity contribution in [1.29, 1.82) is 0 Å². The highest BCUT2D eigenvalue weighted by Gasteiger charge is 2.06. The molecule has 0 radical (unpaired) electrons. The third kappa shape index (κ3) is 7.53. The Bertz CT molecular complexity index is 739. The van der Waals surface area contributed by atoms with E-state index in [1.165, 1.54) is 0 Å². The Morgan fingerprint density at radius 3 is 2.52 bits per heavy atom. The highest BCUT2D eigenvalue weighted by atomic mass is 32.1. The Labute approximate surface area is 165 Å². The Hall–Kier alpha value is -2.80. The average Bonchev–Trinajstić information content (AvgIpc) is 2.68. The summed E-state index contributed by atoms with van der Waals surface area (Å²) in [5.74, 6) is 2.15. The van der Waals surface area contributed by atoms with Gasteiger partial charge in [0.1, 0.15) is 19.0 Å². The van der Waals surface area contributed by atoms with Gasteiger partial charge in [-0.2, -0.15) is 5.10 Å². The van der Waals surface area contributed by atoms with Crippen LogP contribution in [0.15, 0.2) is 53.6 Å². The molecule has 0 heterocycles. The van der Waals surface area contributed by atoms with Gasteiger partial charge in [-0.15, -0.1) is 0 Å². The second-order valence-electron chi connectivity index (χ2n) is 5.38. The van der Waals surface area contributed by atoms with Crippen LogP contribution in [0.3, 0.4) is 0 Å². The quantitative estimate of drug-likeness (QED) is 0.282. The normalized spacial score (nSPS) is 10.4. The maximum absolute atomic E-state index is 5.80. The first-order chi connectivity index (χ1) is 13.2. The van der Waals surface area contributed by atoms with Crippen molar-refractivity contribution < 1.29 is 14.2 Å². The van der Waals surface area contributed by atoms with Crippen LogP contribution in [-0.2, 0) is 0 Å². The molecule has 2 aromatic carbocycles. The van der Waals surface area contributed by atoms with Crippen LogP contribution in [0.2, 0.25) is 0 Å². The number of rotatable bonds is 10. The van der Waals surface area contributed by atoms with E-state index in [0.29, 0.717) is 36.4 Å². The lowest BCUT2D eigenvalue weighted by Crippen LogP contribution is -2.31. The van der Waals surface area contributed by atoms with Gasteiger partial charge in [0.15, 0.2) is 16.6 Å². The summed E-state index contributed by atoms with van der Waals surface area (Å²) in [4.78, 5) is 0. The van der Waals surface area contributed by atoms with Gasteiger partial charge in [0.05, 0.1) is 12.8 Å². The van der Waals surface area contributed by atoms with Crippen molar-refractivity contribution in [3.8, 4) is 17.2 Å². The van der Waals surface area contributed by atoms with Gasteiger partial charge in [-0.05, 0) is 62.0 Å². The SMILES string of the molecule is CCNC(=S)N/N=C/c1ccc(OCCOc2ccccc2)c(OCC)c1. The van der Waals surface area contributed by atoms with Crippen molar-refractivity contribution in [3.05, 3.63) is 54.1 Å². The molecule has 0 aliphatic heterocycles. The molecule has 0 bridgehead atoms. The number of hydrogen-bond donors (Lipinski definition) is 2. The van der Waals surface area contributed by atoms with E-state index in [-0.39, 0.29) is 0 Å². The van der Waals surface area contributed by atoms with Crippen LogP contribution in [0.1, 0.15) is 19.4 Å². The molecule has 27 heavy (non-hydrogen) atoms. The van der Waals surface area contributed by atoms with E-state index in [2.05, 4.69) is 15.8 Å². The molecule has 0 aromatic heterocycles. The lowest BCUT2D eigenvalue weighted by molar-refractivity contribution is 0.208. The first-order valence-electron chi connectivity index (χ1n) is 8.87. The predicted molar refractivity (Wildman–Crippen MR) is 112 cm³/mol. The number of benzene rings is 2. The van der Waals surface area contributed by atoms with Crippen molar-refractivity contribution in [1.82, 2.24) is 10.7 Å². The molecule has 0 amide bonds. The Kier molecular flexibility index (Phi) is 8.92. The van der Waals surface area contributed by atoms with Gasteiger partial charge < -0.3 is 19.5 Å². The van der Waals surface area contributed by atoms with Crippen molar-refractivity contribution in [2.45, 2.75) is 13.8 Å². The summed E-state index contributed by atoms with van der Waals surface area (Å²) in [7, 11) is 0. The zero-order valence-corrected chi connectivity index (χ0v) is 16.4. The van der Waals surface area contributed by atoms with Crippen LogP contribution in [-0.4, -0.2) is 37.7 Å². The van der Waals surface area contributed by atoms with E-state index < -0.39 is 0 Å². The number of nitrogens with zero attached hydrogens (tertiary/aromatic N) is 1. The number of thiocarbonyl (C=S) groups is 1. The lowest BCUT2D eigenvalue weighted by atomic mass is 10.2. The van der Waals surface area contributed by atoms with Gasteiger partial charge in [-0.25, -0.2) is 0 Å². The van der Waals surface area contributed by atoms with Crippen LogP contribution in [0.4, 0.5) is 0 Å². The van der Waals surface area contributed by atoms with Crippen LogP contribution >= 0.6 is 12.2 Å². The van der Waals surface area contributed by atoms with Gasteiger partial charge in [0, 0.05) is 6.54 Å². The molecule has 0 saturated heterocycles. The molecule has 0 aliphatic carbocycles. The molecule has 144 valence electrons. The number of para-hydroxylation sites is 1. The van der Waals surface area contributed by atoms with Crippen LogP contribution in [0.25, 0.3) is 0 Å². The summed E-state index contributed by atoms with van der Waals surface area (Å²) < 4.78 is 17.1. The number of ether oxygens (including phenoxy) is 3. The first-order valence-corrected chi connectivity index (χ1v) is 9.28. The zero-order valence-electron chi connectivity index (χ0n) is 15.6. The maximum Gasteiger partial charge on any atom is 0.186 e. The molecule has 7 heteroatoms. The predicted octanol–water partition coefficient (Wildman–Crippen LogP) is 3.36. The van der Waals surface area contributed by atoms with Crippen molar-refractivity contribution in [2.24, 2.45) is 5.10 Å². The first kappa shape index (κ1) is 20.5. The van der Waals surface area contributed by atoms with E-state index in [0.717, 1.165) is 17.9 Å². The molecule has 0 aliphatic rings.